The zero-order valence-corrected chi connectivity index (χ0v) is 9.62. The summed E-state index contributed by atoms with van der Waals surface area (Å²) in [5, 5.41) is 1.16. The molecule has 0 N–H and O–H groups in total. The van der Waals surface area contributed by atoms with Gasteiger partial charge in [-0.25, -0.2) is 0 Å². The second kappa shape index (κ2) is 4.73. The van der Waals surface area contributed by atoms with Gasteiger partial charge in [0.25, 0.3) is 0 Å². The molecule has 0 bridgehead atoms. The van der Waals surface area contributed by atoms with E-state index in [0.29, 0.717) is 0 Å². The van der Waals surface area contributed by atoms with E-state index in [-0.39, 0.29) is 17.0 Å². The largest absolute Gasteiger partial charge is 1.00 e. The quantitative estimate of drug-likeness (QED) is 0.430. The Morgan fingerprint density at radius 1 is 1.30 bits per heavy atom. The maximum absolute atomic E-state index is 3.48. The highest BCUT2D eigenvalue weighted by atomic mass is 79.9. The van der Waals surface area contributed by atoms with Gasteiger partial charge in [-0.15, -0.1) is 0 Å². The lowest BCUT2D eigenvalue weighted by atomic mass is 10.4. The number of nitrogens with zero attached hydrogens (tertiary/aromatic N) is 1. The highest BCUT2D eigenvalue weighted by Crippen LogP contribution is 2.15. The Balaban J connectivity index is 0.000000810. The molecule has 0 atom stereocenters. The molecule has 0 aliphatic carbocycles. The lowest BCUT2D eigenvalue weighted by Gasteiger charge is -2.27. The van der Waals surface area contributed by atoms with Gasteiger partial charge in [0.1, 0.15) is 0 Å². The van der Waals surface area contributed by atoms with Crippen LogP contribution in [0.5, 0.6) is 0 Å². The average Bonchev–Trinajstić information content (AvgIpc) is 2.16. The van der Waals surface area contributed by atoms with Crippen LogP contribution in [0.15, 0.2) is 0 Å². The molecule has 0 saturated carbocycles. The van der Waals surface area contributed by atoms with Gasteiger partial charge in [0.2, 0.25) is 0 Å². The summed E-state index contributed by atoms with van der Waals surface area (Å²) < 4.78 is 1.30. The van der Waals surface area contributed by atoms with E-state index in [9.17, 15) is 0 Å². The van der Waals surface area contributed by atoms with Gasteiger partial charge in [0, 0.05) is 12.8 Å². The van der Waals surface area contributed by atoms with E-state index >= 15 is 0 Å². The summed E-state index contributed by atoms with van der Waals surface area (Å²) in [5.74, 6) is 0. The van der Waals surface area contributed by atoms with Crippen molar-refractivity contribution >= 4 is 15.9 Å². The third-order valence-electron chi connectivity index (χ3n) is 2.27. The minimum Gasteiger partial charge on any atom is -1.00 e. The van der Waals surface area contributed by atoms with E-state index < -0.39 is 0 Å². The van der Waals surface area contributed by atoms with E-state index in [2.05, 4.69) is 23.0 Å². The number of hydrogen-bond acceptors (Lipinski definition) is 0. The van der Waals surface area contributed by atoms with E-state index in [4.69, 9.17) is 0 Å². The molecule has 1 nitrogen and oxygen atoms in total. The first-order valence-electron chi connectivity index (χ1n) is 3.66. The van der Waals surface area contributed by atoms with E-state index in [1.165, 1.54) is 37.0 Å². The molecule has 10 heavy (non-hydrogen) atoms. The van der Waals surface area contributed by atoms with Crippen LogP contribution in [0, 0.1) is 0 Å². The van der Waals surface area contributed by atoms with Crippen LogP contribution in [0.4, 0.5) is 0 Å². The zero-order chi connectivity index (χ0) is 6.74. The number of hydrogen-bond donors (Lipinski definition) is 0. The Morgan fingerprint density at radius 2 is 1.80 bits per heavy atom. The van der Waals surface area contributed by atoms with Crippen molar-refractivity contribution in [2.45, 2.75) is 12.8 Å². The van der Waals surface area contributed by atoms with Crippen molar-refractivity contribution in [1.82, 2.24) is 0 Å². The van der Waals surface area contributed by atoms with Crippen molar-refractivity contribution in [1.29, 1.82) is 0 Å². The van der Waals surface area contributed by atoms with Crippen LogP contribution in [-0.2, 0) is 0 Å². The fraction of sp³-hybridized carbons (Fsp3) is 1.00. The molecule has 0 spiro atoms. The summed E-state index contributed by atoms with van der Waals surface area (Å²) >= 11 is 3.48. The minimum absolute atomic E-state index is 0. The topological polar surface area (TPSA) is 0 Å². The molecule has 0 aromatic carbocycles. The molecule has 1 aliphatic rings. The number of halogens is 2. The number of quaternary nitrogens is 1. The normalized spacial score (nSPS) is 22.2. The zero-order valence-electron chi connectivity index (χ0n) is 6.45. The van der Waals surface area contributed by atoms with Gasteiger partial charge in [-0.05, 0) is 0 Å². The first kappa shape index (κ1) is 10.9. The predicted octanol–water partition coefficient (Wildman–Crippen LogP) is -1.37. The second-order valence-corrected chi connectivity index (χ2v) is 3.98. The van der Waals surface area contributed by atoms with Crippen LogP contribution in [0.2, 0.25) is 0 Å². The Kier molecular flexibility index (Phi) is 5.16. The molecule has 0 aromatic heterocycles. The van der Waals surface area contributed by atoms with Crippen LogP contribution in [0.3, 0.4) is 0 Å². The van der Waals surface area contributed by atoms with E-state index in [1.54, 1.807) is 0 Å². The predicted molar refractivity (Wildman–Crippen MR) is 43.8 cm³/mol. The first-order chi connectivity index (χ1) is 4.27. The molecule has 1 aliphatic heterocycles. The summed E-state index contributed by atoms with van der Waals surface area (Å²) in [6.45, 7) is 4.09. The van der Waals surface area contributed by atoms with Crippen molar-refractivity contribution < 1.29 is 21.5 Å². The van der Waals surface area contributed by atoms with Crippen molar-refractivity contribution in [3.63, 3.8) is 0 Å². The SMILES string of the molecule is C[N+]1(CCBr)CCCC1.[Br-]. The molecule has 3 heteroatoms. The van der Waals surface area contributed by atoms with Crippen LogP contribution in [0.25, 0.3) is 0 Å². The highest BCUT2D eigenvalue weighted by Gasteiger charge is 2.25. The molecule has 1 heterocycles. The van der Waals surface area contributed by atoms with E-state index in [1.807, 2.05) is 0 Å². The van der Waals surface area contributed by atoms with Gasteiger partial charge >= 0.3 is 0 Å². The lowest BCUT2D eigenvalue weighted by molar-refractivity contribution is -0.895. The molecular formula is C7H15Br2N. The monoisotopic (exact) mass is 271 g/mol. The molecule has 0 amide bonds. The standard InChI is InChI=1S/C7H15BrN.BrH/c1-9(7-4-8)5-2-3-6-9;/h2-7H2,1H3;1H/q+1;/p-1. The Labute approximate surface area is 82.3 Å². The van der Waals surface area contributed by atoms with Crippen LogP contribution in [0.1, 0.15) is 12.8 Å². The maximum Gasteiger partial charge on any atom is 0.0883 e. The number of likely N-dealkylation sites (tertiary alicyclic amines) is 1. The van der Waals surface area contributed by atoms with Gasteiger partial charge in [0.05, 0.1) is 32.0 Å². The second-order valence-electron chi connectivity index (χ2n) is 3.19. The Morgan fingerprint density at radius 3 is 2.20 bits per heavy atom. The molecule has 1 saturated heterocycles. The van der Waals surface area contributed by atoms with Gasteiger partial charge in [-0.3, -0.25) is 0 Å². The summed E-state index contributed by atoms with van der Waals surface area (Å²) in [5.41, 5.74) is 0. The fourth-order valence-electron chi connectivity index (χ4n) is 1.53. The molecule has 62 valence electrons. The Hall–Kier alpha value is 0.920. The Bertz CT molecular complexity index is 89.6. The third-order valence-corrected chi connectivity index (χ3v) is 2.62. The number of alkyl halides is 1. The first-order valence-corrected chi connectivity index (χ1v) is 4.78. The summed E-state index contributed by atoms with van der Waals surface area (Å²) in [7, 11) is 2.36. The molecule has 1 fully saturated rings. The minimum atomic E-state index is 0. The van der Waals surface area contributed by atoms with Gasteiger partial charge < -0.3 is 21.5 Å². The molecular weight excluding hydrogens is 258 g/mol. The summed E-state index contributed by atoms with van der Waals surface area (Å²) in [4.78, 5) is 0. The van der Waals surface area contributed by atoms with Crippen LogP contribution < -0.4 is 17.0 Å². The molecule has 0 aromatic rings. The maximum atomic E-state index is 3.48. The van der Waals surface area contributed by atoms with Crippen molar-refractivity contribution in [3.8, 4) is 0 Å². The van der Waals surface area contributed by atoms with Crippen molar-refractivity contribution in [2.75, 3.05) is 32.0 Å². The summed E-state index contributed by atoms with van der Waals surface area (Å²) in [6.07, 6.45) is 2.87. The molecule has 1 rings (SSSR count). The van der Waals surface area contributed by atoms with Crippen LogP contribution >= 0.6 is 15.9 Å². The van der Waals surface area contributed by atoms with Crippen molar-refractivity contribution in [3.05, 3.63) is 0 Å². The van der Waals surface area contributed by atoms with Crippen LogP contribution in [-0.4, -0.2) is 36.5 Å². The molecule has 0 radical (unpaired) electrons. The van der Waals surface area contributed by atoms with Gasteiger partial charge in [-0.1, -0.05) is 15.9 Å². The third kappa shape index (κ3) is 2.89. The van der Waals surface area contributed by atoms with Gasteiger partial charge in [0.15, 0.2) is 0 Å². The average molecular weight is 273 g/mol. The summed E-state index contributed by atoms with van der Waals surface area (Å²) in [6, 6.07) is 0. The fourth-order valence-corrected chi connectivity index (χ4v) is 2.38. The lowest BCUT2D eigenvalue weighted by Crippen LogP contribution is -3.00. The van der Waals surface area contributed by atoms with E-state index in [0.717, 1.165) is 5.33 Å². The van der Waals surface area contributed by atoms with Gasteiger partial charge in [-0.2, -0.15) is 0 Å². The number of rotatable bonds is 2. The smallest absolute Gasteiger partial charge is 0.0883 e. The highest BCUT2D eigenvalue weighted by molar-refractivity contribution is 9.09. The van der Waals surface area contributed by atoms with Crippen molar-refractivity contribution in [2.24, 2.45) is 0 Å². The molecule has 0 unspecified atom stereocenters.